The van der Waals surface area contributed by atoms with E-state index in [2.05, 4.69) is 15.2 Å². The molecule has 0 unspecified atom stereocenters. The molecule has 0 aromatic carbocycles. The average molecular weight is 337 g/mol. The number of carbonyl (C=O) groups excluding carboxylic acids is 1. The normalized spacial score (nSPS) is 10.8. The van der Waals surface area contributed by atoms with Crippen molar-refractivity contribution < 1.29 is 18.4 Å². The lowest BCUT2D eigenvalue weighted by atomic mass is 10.5. The minimum Gasteiger partial charge on any atom is -0.461 e. The summed E-state index contributed by atoms with van der Waals surface area (Å²) in [6.45, 7) is 2.09. The summed E-state index contributed by atoms with van der Waals surface area (Å²) < 4.78 is 15.6. The Morgan fingerprint density at radius 2 is 2.36 bits per heavy atom. The van der Waals surface area contributed by atoms with Crippen molar-refractivity contribution in [3.05, 3.63) is 34.5 Å². The maximum atomic E-state index is 11.5. The third kappa shape index (κ3) is 3.37. The van der Waals surface area contributed by atoms with E-state index in [1.54, 1.807) is 25.3 Å². The first-order valence-electron chi connectivity index (χ1n) is 6.38. The van der Waals surface area contributed by atoms with Crippen LogP contribution in [-0.4, -0.2) is 27.8 Å². The van der Waals surface area contributed by atoms with Gasteiger partial charge in [0.1, 0.15) is 0 Å². The third-order valence-corrected chi connectivity index (χ3v) is 4.21. The second-order valence-corrected chi connectivity index (χ2v) is 5.79. The number of carbonyl (C=O) groups is 1. The first-order valence-corrected chi connectivity index (χ1v) is 8.24. The summed E-state index contributed by atoms with van der Waals surface area (Å²) in [5.41, 5.74) is 0.760. The smallest absolute Gasteiger partial charge is 0.367 e. The number of furan rings is 1. The molecule has 0 N–H and O–H groups in total. The van der Waals surface area contributed by atoms with Gasteiger partial charge in [-0.1, -0.05) is 11.8 Å². The van der Waals surface area contributed by atoms with Crippen LogP contribution in [0.3, 0.4) is 0 Å². The summed E-state index contributed by atoms with van der Waals surface area (Å²) in [4.78, 5) is 15.7. The van der Waals surface area contributed by atoms with Crippen LogP contribution in [0.15, 0.2) is 37.8 Å². The van der Waals surface area contributed by atoms with Gasteiger partial charge in [-0.05, 0) is 19.1 Å². The van der Waals surface area contributed by atoms with Crippen molar-refractivity contribution in [3.8, 4) is 11.7 Å². The van der Waals surface area contributed by atoms with Gasteiger partial charge in [-0.3, -0.25) is 0 Å². The highest BCUT2D eigenvalue weighted by molar-refractivity contribution is 7.98. The quantitative estimate of drug-likeness (QED) is 0.500. The molecule has 0 saturated carbocycles. The number of aromatic nitrogens is 3. The molecule has 3 rings (SSSR count). The number of hydrogen-bond donors (Lipinski definition) is 0. The fourth-order valence-electron chi connectivity index (χ4n) is 1.56. The van der Waals surface area contributed by atoms with Gasteiger partial charge in [0.2, 0.25) is 5.01 Å². The second kappa shape index (κ2) is 6.75. The molecule has 0 spiro atoms. The van der Waals surface area contributed by atoms with Crippen molar-refractivity contribution in [1.29, 1.82) is 0 Å². The number of esters is 1. The van der Waals surface area contributed by atoms with Crippen LogP contribution in [-0.2, 0) is 10.5 Å². The number of rotatable bonds is 6. The van der Waals surface area contributed by atoms with Crippen LogP contribution >= 0.6 is 23.1 Å². The Bertz CT molecular complexity index is 751. The average Bonchev–Trinajstić information content (AvgIpc) is 3.25. The zero-order valence-corrected chi connectivity index (χ0v) is 13.1. The molecule has 0 bridgehead atoms. The summed E-state index contributed by atoms with van der Waals surface area (Å²) >= 11 is 2.60. The van der Waals surface area contributed by atoms with Crippen molar-refractivity contribution in [1.82, 2.24) is 15.2 Å². The second-order valence-electron chi connectivity index (χ2n) is 4.00. The van der Waals surface area contributed by atoms with Crippen molar-refractivity contribution in [2.45, 2.75) is 17.9 Å². The molecule has 3 aromatic rings. The van der Waals surface area contributed by atoms with Gasteiger partial charge >= 0.3 is 5.97 Å². The molecule has 0 fully saturated rings. The number of nitrogens with zero attached hydrogens (tertiary/aromatic N) is 3. The molecule has 7 nitrogen and oxygen atoms in total. The van der Waals surface area contributed by atoms with Crippen LogP contribution in [0.4, 0.5) is 0 Å². The summed E-state index contributed by atoms with van der Waals surface area (Å²) in [5.74, 6) is 0.979. The molecule has 0 aliphatic carbocycles. The Morgan fingerprint density at radius 1 is 1.45 bits per heavy atom. The van der Waals surface area contributed by atoms with Gasteiger partial charge < -0.3 is 13.6 Å². The Hall–Kier alpha value is -2.13. The fraction of sp³-hybridized carbons (Fsp3) is 0.231. The predicted molar refractivity (Wildman–Crippen MR) is 79.6 cm³/mol. The molecule has 3 aromatic heterocycles. The lowest BCUT2D eigenvalue weighted by Gasteiger charge is -1.95. The lowest BCUT2D eigenvalue weighted by molar-refractivity contribution is 0.0525. The van der Waals surface area contributed by atoms with E-state index in [1.165, 1.54) is 23.1 Å². The van der Waals surface area contributed by atoms with Gasteiger partial charge in [0.05, 0.1) is 18.6 Å². The Labute approximate surface area is 133 Å². The van der Waals surface area contributed by atoms with E-state index in [1.807, 2.05) is 5.38 Å². The topological polar surface area (TPSA) is 91.2 Å². The van der Waals surface area contributed by atoms with Crippen molar-refractivity contribution in [2.24, 2.45) is 0 Å². The predicted octanol–water partition coefficient (Wildman–Crippen LogP) is 3.26. The largest absolute Gasteiger partial charge is 0.461 e. The highest BCUT2D eigenvalue weighted by atomic mass is 32.2. The zero-order chi connectivity index (χ0) is 15.4. The summed E-state index contributed by atoms with van der Waals surface area (Å²) in [6.07, 6.45) is 1.54. The molecule has 0 atom stereocenters. The molecule has 114 valence electrons. The van der Waals surface area contributed by atoms with Crippen LogP contribution in [0.1, 0.15) is 22.4 Å². The van der Waals surface area contributed by atoms with Gasteiger partial charge in [0, 0.05) is 11.1 Å². The minimum atomic E-state index is -0.401. The van der Waals surface area contributed by atoms with E-state index < -0.39 is 5.97 Å². The van der Waals surface area contributed by atoms with Crippen molar-refractivity contribution in [3.63, 3.8) is 0 Å². The first kappa shape index (κ1) is 14.8. The van der Waals surface area contributed by atoms with Crippen molar-refractivity contribution >= 4 is 29.1 Å². The zero-order valence-electron chi connectivity index (χ0n) is 11.5. The molecular formula is C13H11N3O4S2. The van der Waals surface area contributed by atoms with Crippen LogP contribution < -0.4 is 0 Å². The number of hydrogen-bond acceptors (Lipinski definition) is 9. The van der Waals surface area contributed by atoms with Gasteiger partial charge in [0.15, 0.2) is 5.76 Å². The number of thioether (sulfide) groups is 1. The number of thiazole rings is 1. The summed E-state index contributed by atoms with van der Waals surface area (Å²) in [6, 6.07) is 3.49. The van der Waals surface area contributed by atoms with E-state index in [0.717, 1.165) is 5.69 Å². The van der Waals surface area contributed by atoms with E-state index >= 15 is 0 Å². The fourth-order valence-corrected chi connectivity index (χ4v) is 3.03. The molecule has 9 heteroatoms. The highest BCUT2D eigenvalue weighted by Crippen LogP contribution is 2.26. The van der Waals surface area contributed by atoms with Gasteiger partial charge in [-0.25, -0.2) is 9.78 Å². The Morgan fingerprint density at radius 3 is 3.14 bits per heavy atom. The first-order chi connectivity index (χ1) is 10.8. The summed E-state index contributed by atoms with van der Waals surface area (Å²) in [5, 5.41) is 10.4. The molecular weight excluding hydrogens is 326 g/mol. The Balaban J connectivity index is 1.60. The molecule has 0 aliphatic rings. The highest BCUT2D eigenvalue weighted by Gasteiger charge is 2.14. The van der Waals surface area contributed by atoms with Crippen LogP contribution in [0.2, 0.25) is 0 Å². The van der Waals surface area contributed by atoms with E-state index in [9.17, 15) is 4.79 Å². The molecule has 0 radical (unpaired) electrons. The summed E-state index contributed by atoms with van der Waals surface area (Å²) in [7, 11) is 0. The van der Waals surface area contributed by atoms with Crippen molar-refractivity contribution in [2.75, 3.05) is 6.61 Å². The molecule has 0 amide bonds. The van der Waals surface area contributed by atoms with Gasteiger partial charge in [-0.2, -0.15) is 0 Å². The lowest BCUT2D eigenvalue weighted by Crippen LogP contribution is -2.03. The van der Waals surface area contributed by atoms with Crippen LogP contribution in [0.25, 0.3) is 11.7 Å². The molecule has 0 aliphatic heterocycles. The van der Waals surface area contributed by atoms with Gasteiger partial charge in [-0.15, -0.1) is 21.5 Å². The van der Waals surface area contributed by atoms with E-state index in [4.69, 9.17) is 13.6 Å². The minimum absolute atomic E-state index is 0.331. The third-order valence-electron chi connectivity index (χ3n) is 2.48. The van der Waals surface area contributed by atoms with E-state index in [-0.39, 0.29) is 0 Å². The van der Waals surface area contributed by atoms with E-state index in [0.29, 0.717) is 34.2 Å². The monoisotopic (exact) mass is 337 g/mol. The maximum absolute atomic E-state index is 11.5. The Kier molecular flexibility index (Phi) is 4.54. The van der Waals surface area contributed by atoms with Gasteiger partial charge in [0.25, 0.3) is 11.1 Å². The standard InChI is InChI=1S/C13H11N3O4S2/c1-2-18-12(17)11-14-8(6-21-11)7-22-13-16-15-10(20-13)9-4-3-5-19-9/h3-6H,2,7H2,1H3. The molecule has 0 saturated heterocycles. The molecule has 22 heavy (non-hydrogen) atoms. The van der Waals surface area contributed by atoms with Crippen LogP contribution in [0, 0.1) is 0 Å². The maximum Gasteiger partial charge on any atom is 0.367 e. The number of ether oxygens (including phenoxy) is 1. The molecule has 3 heterocycles. The van der Waals surface area contributed by atoms with Crippen LogP contribution in [0.5, 0.6) is 0 Å². The SMILES string of the molecule is CCOC(=O)c1nc(CSc2nnc(-c3ccco3)o2)cs1.